The highest BCUT2D eigenvalue weighted by Crippen LogP contribution is 2.18. The summed E-state index contributed by atoms with van der Waals surface area (Å²) in [6.45, 7) is 1.95. The smallest absolute Gasteiger partial charge is 0.261 e. The topological polar surface area (TPSA) is 68.5 Å². The predicted molar refractivity (Wildman–Crippen MR) is 86.4 cm³/mol. The van der Waals surface area contributed by atoms with E-state index in [2.05, 4.69) is 15.5 Å². The van der Waals surface area contributed by atoms with Gasteiger partial charge in [-0.1, -0.05) is 23.7 Å². The molecular weight excluding hydrogens is 316 g/mol. The summed E-state index contributed by atoms with van der Waals surface area (Å²) >= 11 is 5.89. The maximum Gasteiger partial charge on any atom is 0.261 e. The molecule has 0 fully saturated rings. The Morgan fingerprint density at radius 1 is 1.30 bits per heavy atom. The van der Waals surface area contributed by atoms with Crippen LogP contribution in [0.2, 0.25) is 5.02 Å². The maximum atomic E-state index is 12.1. The Labute approximate surface area is 138 Å². The van der Waals surface area contributed by atoms with Gasteiger partial charge in [-0.15, -0.1) is 10.2 Å². The number of carbonyl (C=O) groups excluding carboxylic acids is 1. The number of amides is 1. The Bertz CT molecular complexity index is 834. The van der Waals surface area contributed by atoms with Gasteiger partial charge in [-0.3, -0.25) is 9.20 Å². The highest BCUT2D eigenvalue weighted by molar-refractivity contribution is 6.30. The Balaban J connectivity index is 1.60. The fourth-order valence-corrected chi connectivity index (χ4v) is 2.30. The third-order valence-corrected chi connectivity index (χ3v) is 3.52. The number of pyridine rings is 1. The molecule has 3 rings (SSSR count). The van der Waals surface area contributed by atoms with Crippen LogP contribution in [0.5, 0.6) is 5.75 Å². The van der Waals surface area contributed by atoms with Crippen molar-refractivity contribution in [2.24, 2.45) is 0 Å². The van der Waals surface area contributed by atoms with Gasteiger partial charge in [0.25, 0.3) is 5.91 Å². The molecule has 0 saturated heterocycles. The first kappa shape index (κ1) is 15.3. The summed E-state index contributed by atoms with van der Waals surface area (Å²) in [5, 5.41) is 11.4. The first-order chi connectivity index (χ1) is 11.1. The molecule has 2 aromatic heterocycles. The molecule has 23 heavy (non-hydrogen) atoms. The van der Waals surface area contributed by atoms with Crippen molar-refractivity contribution >= 4 is 23.2 Å². The normalized spacial score (nSPS) is 12.1. The molecule has 1 amide bonds. The summed E-state index contributed by atoms with van der Waals surface area (Å²) in [5.41, 5.74) is 0.736. The number of carbonyl (C=O) groups is 1. The van der Waals surface area contributed by atoms with Crippen molar-refractivity contribution in [3.63, 3.8) is 0 Å². The standard InChI is InChI=1S/C16H15ClN4O2/c1-11(23-13-6-4-5-12(17)9-13)16(22)18-10-15-20-19-14-7-2-3-8-21(14)15/h2-9,11H,10H2,1H3,(H,18,22)/t11-/m0/s1. The van der Waals surface area contributed by atoms with E-state index in [4.69, 9.17) is 16.3 Å². The first-order valence-electron chi connectivity index (χ1n) is 7.12. The molecule has 0 aliphatic heterocycles. The zero-order valence-corrected chi connectivity index (χ0v) is 13.2. The number of nitrogens with one attached hydrogen (secondary N) is 1. The number of aromatic nitrogens is 3. The second-order valence-electron chi connectivity index (χ2n) is 4.98. The van der Waals surface area contributed by atoms with Crippen LogP contribution < -0.4 is 10.1 Å². The van der Waals surface area contributed by atoms with E-state index in [0.717, 1.165) is 5.65 Å². The fourth-order valence-electron chi connectivity index (χ4n) is 2.12. The summed E-state index contributed by atoms with van der Waals surface area (Å²) in [6.07, 6.45) is 1.20. The van der Waals surface area contributed by atoms with Gasteiger partial charge in [-0.2, -0.15) is 0 Å². The lowest BCUT2D eigenvalue weighted by molar-refractivity contribution is -0.127. The minimum absolute atomic E-state index is 0.238. The van der Waals surface area contributed by atoms with Gasteiger partial charge < -0.3 is 10.1 Å². The Morgan fingerprint density at radius 3 is 3.00 bits per heavy atom. The summed E-state index contributed by atoms with van der Waals surface area (Å²) in [6, 6.07) is 12.5. The summed E-state index contributed by atoms with van der Waals surface area (Å²) in [7, 11) is 0. The predicted octanol–water partition coefficient (Wildman–Crippen LogP) is 2.47. The molecule has 3 aromatic rings. The van der Waals surface area contributed by atoms with Crippen LogP contribution >= 0.6 is 11.6 Å². The van der Waals surface area contributed by atoms with Gasteiger partial charge in [0.15, 0.2) is 17.6 Å². The van der Waals surface area contributed by atoms with Crippen molar-refractivity contribution in [3.8, 4) is 5.75 Å². The molecule has 0 radical (unpaired) electrons. The van der Waals surface area contributed by atoms with Crippen molar-refractivity contribution in [3.05, 3.63) is 59.5 Å². The molecule has 0 saturated carbocycles. The van der Waals surface area contributed by atoms with E-state index in [-0.39, 0.29) is 12.5 Å². The van der Waals surface area contributed by atoms with Crippen LogP contribution in [0.15, 0.2) is 48.7 Å². The van der Waals surface area contributed by atoms with Crippen molar-refractivity contribution < 1.29 is 9.53 Å². The minimum atomic E-state index is -0.646. The maximum absolute atomic E-state index is 12.1. The van der Waals surface area contributed by atoms with Gasteiger partial charge in [-0.25, -0.2) is 0 Å². The van der Waals surface area contributed by atoms with Crippen LogP contribution in [0.1, 0.15) is 12.7 Å². The van der Waals surface area contributed by atoms with Crippen molar-refractivity contribution in [1.82, 2.24) is 19.9 Å². The van der Waals surface area contributed by atoms with E-state index >= 15 is 0 Å². The molecule has 2 heterocycles. The van der Waals surface area contributed by atoms with Gasteiger partial charge >= 0.3 is 0 Å². The van der Waals surface area contributed by atoms with E-state index < -0.39 is 6.10 Å². The number of halogens is 1. The minimum Gasteiger partial charge on any atom is -0.481 e. The fraction of sp³-hybridized carbons (Fsp3) is 0.188. The van der Waals surface area contributed by atoms with E-state index in [1.165, 1.54) is 0 Å². The number of rotatable bonds is 5. The molecule has 0 bridgehead atoms. The Hall–Kier alpha value is -2.60. The number of benzene rings is 1. The summed E-state index contributed by atoms with van der Waals surface area (Å²) in [5.74, 6) is 0.967. The SMILES string of the molecule is C[C@H](Oc1cccc(Cl)c1)C(=O)NCc1nnc2ccccn12. The molecule has 7 heteroatoms. The molecule has 0 aliphatic rings. The lowest BCUT2D eigenvalue weighted by Gasteiger charge is -2.14. The van der Waals surface area contributed by atoms with Crippen LogP contribution in [0.3, 0.4) is 0 Å². The number of ether oxygens (including phenoxy) is 1. The third kappa shape index (κ3) is 3.60. The lowest BCUT2D eigenvalue weighted by Crippen LogP contribution is -2.36. The van der Waals surface area contributed by atoms with Crippen molar-refractivity contribution in [1.29, 1.82) is 0 Å². The zero-order valence-electron chi connectivity index (χ0n) is 12.4. The Morgan fingerprint density at radius 2 is 2.17 bits per heavy atom. The second-order valence-corrected chi connectivity index (χ2v) is 5.42. The summed E-state index contributed by atoms with van der Waals surface area (Å²) < 4.78 is 7.40. The second kappa shape index (κ2) is 6.66. The molecule has 118 valence electrons. The lowest BCUT2D eigenvalue weighted by atomic mass is 10.3. The van der Waals surface area contributed by atoms with Gasteiger partial charge in [0.1, 0.15) is 5.75 Å². The van der Waals surface area contributed by atoms with Crippen LogP contribution in [0, 0.1) is 0 Å². The summed E-state index contributed by atoms with van der Waals surface area (Å²) in [4.78, 5) is 12.1. The third-order valence-electron chi connectivity index (χ3n) is 3.28. The van der Waals surface area contributed by atoms with E-state index in [0.29, 0.717) is 16.6 Å². The van der Waals surface area contributed by atoms with Crippen LogP contribution in [0.25, 0.3) is 5.65 Å². The molecular formula is C16H15ClN4O2. The van der Waals surface area contributed by atoms with E-state index in [1.54, 1.807) is 31.2 Å². The number of fused-ring (bicyclic) bond motifs is 1. The molecule has 1 atom stereocenters. The largest absolute Gasteiger partial charge is 0.481 e. The average Bonchev–Trinajstić information content (AvgIpc) is 2.96. The average molecular weight is 331 g/mol. The van der Waals surface area contributed by atoms with Gasteiger partial charge in [0.05, 0.1) is 6.54 Å². The first-order valence-corrected chi connectivity index (χ1v) is 7.50. The number of hydrogen-bond acceptors (Lipinski definition) is 4. The molecule has 1 aromatic carbocycles. The number of nitrogens with zero attached hydrogens (tertiary/aromatic N) is 3. The number of hydrogen-bond donors (Lipinski definition) is 1. The molecule has 0 aliphatic carbocycles. The van der Waals surface area contributed by atoms with E-state index in [9.17, 15) is 4.79 Å². The molecule has 0 unspecified atom stereocenters. The van der Waals surface area contributed by atoms with Crippen molar-refractivity contribution in [2.75, 3.05) is 0 Å². The van der Waals surface area contributed by atoms with E-state index in [1.807, 2.05) is 28.8 Å². The highest BCUT2D eigenvalue weighted by Gasteiger charge is 2.15. The quantitative estimate of drug-likeness (QED) is 0.780. The van der Waals surface area contributed by atoms with Gasteiger partial charge in [-0.05, 0) is 37.3 Å². The zero-order chi connectivity index (χ0) is 16.2. The van der Waals surface area contributed by atoms with Gasteiger partial charge in [0.2, 0.25) is 0 Å². The van der Waals surface area contributed by atoms with Crippen LogP contribution in [0.4, 0.5) is 0 Å². The highest BCUT2D eigenvalue weighted by atomic mass is 35.5. The monoisotopic (exact) mass is 330 g/mol. The molecule has 0 spiro atoms. The van der Waals surface area contributed by atoms with Crippen molar-refractivity contribution in [2.45, 2.75) is 19.6 Å². The van der Waals surface area contributed by atoms with Crippen LogP contribution in [-0.2, 0) is 11.3 Å². The molecule has 1 N–H and O–H groups in total. The van der Waals surface area contributed by atoms with Crippen LogP contribution in [-0.4, -0.2) is 26.6 Å². The van der Waals surface area contributed by atoms with Gasteiger partial charge in [0, 0.05) is 11.2 Å². The molecule has 6 nitrogen and oxygen atoms in total. The Kier molecular flexibility index (Phi) is 4.43.